The number of likely N-dealkylation sites (N-methyl/N-ethyl adjacent to an activating group) is 2. The van der Waals surface area contributed by atoms with Crippen LogP contribution in [0.4, 0.5) is 0 Å². The lowest BCUT2D eigenvalue weighted by Crippen LogP contribution is -2.56. The van der Waals surface area contributed by atoms with Gasteiger partial charge in [-0.15, -0.1) is 11.3 Å². The highest BCUT2D eigenvalue weighted by Crippen LogP contribution is 2.29. The van der Waals surface area contributed by atoms with Crippen molar-refractivity contribution in [2.45, 2.75) is 44.3 Å². The first-order valence-corrected chi connectivity index (χ1v) is 14.3. The molecule has 1 aromatic carbocycles. The van der Waals surface area contributed by atoms with Gasteiger partial charge in [-0.2, -0.15) is 0 Å². The third-order valence-corrected chi connectivity index (χ3v) is 8.90. The Morgan fingerprint density at radius 2 is 2.00 bits per heavy atom. The predicted molar refractivity (Wildman–Crippen MR) is 150 cm³/mol. The fourth-order valence-corrected chi connectivity index (χ4v) is 6.69. The van der Waals surface area contributed by atoms with Gasteiger partial charge < -0.3 is 30.5 Å². The molecule has 0 saturated heterocycles. The monoisotopic (exact) mass is 572 g/mol. The number of carbonyl (C=O) groups is 3. The summed E-state index contributed by atoms with van der Waals surface area (Å²) >= 11 is 7.50. The molecular formula is C27H33ClN6O4S. The Morgan fingerprint density at radius 1 is 1.21 bits per heavy atom. The minimum atomic E-state index is -0.464. The SMILES string of the molecule is CN1CCc2nc(C(=O)N[C@@H]3C[C@@H](C(=O)N(C)CCO)CC[C@@H]3NC(=O)c3cc4cc(Cl)ccc4[nH]3)sc2C1. The van der Waals surface area contributed by atoms with Gasteiger partial charge in [0, 0.05) is 65.9 Å². The van der Waals surface area contributed by atoms with Crippen molar-refractivity contribution < 1.29 is 19.5 Å². The van der Waals surface area contributed by atoms with Crippen molar-refractivity contribution in [2.75, 3.05) is 33.8 Å². The first kappa shape index (κ1) is 27.6. The molecule has 39 heavy (non-hydrogen) atoms. The smallest absolute Gasteiger partial charge is 0.280 e. The van der Waals surface area contributed by atoms with Crippen LogP contribution in [0.2, 0.25) is 5.02 Å². The van der Waals surface area contributed by atoms with Crippen LogP contribution in [0.25, 0.3) is 10.9 Å². The van der Waals surface area contributed by atoms with Gasteiger partial charge in [-0.1, -0.05) is 11.6 Å². The molecule has 3 heterocycles. The molecule has 1 saturated carbocycles. The summed E-state index contributed by atoms with van der Waals surface area (Å²) in [4.78, 5) is 52.1. The number of nitrogens with zero attached hydrogens (tertiary/aromatic N) is 3. The summed E-state index contributed by atoms with van der Waals surface area (Å²) in [5.74, 6) is -0.985. The van der Waals surface area contributed by atoms with Gasteiger partial charge in [0.15, 0.2) is 5.01 Å². The fraction of sp³-hybridized carbons (Fsp3) is 0.481. The quantitative estimate of drug-likeness (QED) is 0.344. The zero-order valence-corrected chi connectivity index (χ0v) is 23.6. The standard InChI is InChI=1S/C27H33ClN6O4S/c1-33-8-7-20-23(14-33)39-26(32-20)25(37)31-21-12-15(27(38)34(2)9-10-35)3-5-19(21)30-24(36)22-13-16-11-17(28)4-6-18(16)29-22/h4,6,11,13,15,19,21,29,35H,3,5,7-10,12,14H2,1-2H3,(H,30,36)(H,31,37)/t15-,19-,21+/m0/s1. The highest BCUT2D eigenvalue weighted by Gasteiger charge is 2.37. The fourth-order valence-electron chi connectivity index (χ4n) is 5.42. The Labute approximate surface area is 235 Å². The van der Waals surface area contributed by atoms with Crippen LogP contribution in [-0.2, 0) is 17.8 Å². The number of amides is 3. The van der Waals surface area contributed by atoms with Crippen molar-refractivity contribution in [3.63, 3.8) is 0 Å². The lowest BCUT2D eigenvalue weighted by atomic mass is 9.81. The molecule has 4 N–H and O–H groups in total. The van der Waals surface area contributed by atoms with Crippen molar-refractivity contribution >= 4 is 51.6 Å². The number of fused-ring (bicyclic) bond motifs is 2. The third kappa shape index (κ3) is 6.11. The number of hydrogen-bond donors (Lipinski definition) is 4. The predicted octanol–water partition coefficient (Wildman–Crippen LogP) is 2.41. The molecule has 0 bridgehead atoms. The van der Waals surface area contributed by atoms with E-state index in [2.05, 4.69) is 25.5 Å². The van der Waals surface area contributed by atoms with Gasteiger partial charge in [0.05, 0.1) is 18.3 Å². The van der Waals surface area contributed by atoms with E-state index in [1.165, 1.54) is 16.2 Å². The van der Waals surface area contributed by atoms with Crippen LogP contribution in [-0.4, -0.2) is 88.5 Å². The van der Waals surface area contributed by atoms with Crippen molar-refractivity contribution in [3.05, 3.63) is 50.6 Å². The normalized spacial score (nSPS) is 21.4. The van der Waals surface area contributed by atoms with E-state index >= 15 is 0 Å². The van der Waals surface area contributed by atoms with Gasteiger partial charge in [0.2, 0.25) is 5.91 Å². The second-order valence-electron chi connectivity index (χ2n) is 10.4. The number of halogens is 1. The van der Waals surface area contributed by atoms with Gasteiger partial charge in [-0.25, -0.2) is 4.98 Å². The maximum Gasteiger partial charge on any atom is 0.280 e. The van der Waals surface area contributed by atoms with Gasteiger partial charge >= 0.3 is 0 Å². The number of thiazole rings is 1. The van der Waals surface area contributed by atoms with Gasteiger partial charge in [-0.05, 0) is 50.6 Å². The van der Waals surface area contributed by atoms with Crippen molar-refractivity contribution in [1.82, 2.24) is 30.4 Å². The highest BCUT2D eigenvalue weighted by molar-refractivity contribution is 7.13. The summed E-state index contributed by atoms with van der Waals surface area (Å²) in [6.07, 6.45) is 2.26. The van der Waals surface area contributed by atoms with E-state index in [1.807, 2.05) is 13.1 Å². The molecule has 0 radical (unpaired) electrons. The van der Waals surface area contributed by atoms with E-state index in [-0.39, 0.29) is 42.8 Å². The van der Waals surface area contributed by atoms with Crippen LogP contribution < -0.4 is 10.6 Å². The minimum absolute atomic E-state index is 0.0756. The van der Waals surface area contributed by atoms with Crippen LogP contribution in [0, 0.1) is 5.92 Å². The Kier molecular flexibility index (Phi) is 8.22. The molecule has 3 aromatic rings. The lowest BCUT2D eigenvalue weighted by molar-refractivity contribution is -0.136. The van der Waals surface area contributed by atoms with Crippen molar-refractivity contribution in [1.29, 1.82) is 0 Å². The van der Waals surface area contributed by atoms with E-state index in [9.17, 15) is 19.5 Å². The summed E-state index contributed by atoms with van der Waals surface area (Å²) in [6.45, 7) is 1.80. The number of aliphatic hydroxyl groups excluding tert-OH is 1. The zero-order valence-electron chi connectivity index (χ0n) is 22.0. The first-order chi connectivity index (χ1) is 18.7. The number of H-pyrrole nitrogens is 1. The average molecular weight is 573 g/mol. The number of carbonyl (C=O) groups excluding carboxylic acids is 3. The molecule has 1 aliphatic heterocycles. The number of nitrogens with one attached hydrogen (secondary N) is 3. The van der Waals surface area contributed by atoms with Crippen LogP contribution in [0.1, 0.15) is 50.1 Å². The Bertz CT molecular complexity index is 1390. The van der Waals surface area contributed by atoms with E-state index in [1.54, 1.807) is 25.2 Å². The number of aliphatic hydroxyl groups is 1. The first-order valence-electron chi connectivity index (χ1n) is 13.1. The number of aromatic nitrogens is 2. The molecule has 208 valence electrons. The van der Waals surface area contributed by atoms with Crippen LogP contribution in [0.15, 0.2) is 24.3 Å². The second kappa shape index (κ2) is 11.6. The maximum absolute atomic E-state index is 13.3. The Balaban J connectivity index is 1.33. The number of rotatable bonds is 7. The van der Waals surface area contributed by atoms with E-state index in [0.717, 1.165) is 41.0 Å². The van der Waals surface area contributed by atoms with Crippen LogP contribution in [0.3, 0.4) is 0 Å². The van der Waals surface area contributed by atoms with Gasteiger partial charge in [0.1, 0.15) is 5.69 Å². The molecule has 12 heteroatoms. The summed E-state index contributed by atoms with van der Waals surface area (Å²) in [5, 5.41) is 17.2. The average Bonchev–Trinajstić information content (AvgIpc) is 3.53. The maximum atomic E-state index is 13.3. The summed E-state index contributed by atoms with van der Waals surface area (Å²) in [7, 11) is 3.71. The molecule has 1 fully saturated rings. The van der Waals surface area contributed by atoms with E-state index in [4.69, 9.17) is 11.6 Å². The molecular weight excluding hydrogens is 540 g/mol. The molecule has 10 nitrogen and oxygen atoms in total. The largest absolute Gasteiger partial charge is 0.395 e. The minimum Gasteiger partial charge on any atom is -0.395 e. The summed E-state index contributed by atoms with van der Waals surface area (Å²) in [5.41, 5.74) is 2.17. The highest BCUT2D eigenvalue weighted by atomic mass is 35.5. The Hall–Kier alpha value is -2.99. The van der Waals surface area contributed by atoms with Gasteiger partial charge in [0.25, 0.3) is 11.8 Å². The molecule has 0 unspecified atom stereocenters. The van der Waals surface area contributed by atoms with Crippen LogP contribution in [0.5, 0.6) is 0 Å². The molecule has 3 atom stereocenters. The van der Waals surface area contributed by atoms with E-state index in [0.29, 0.717) is 35.0 Å². The number of aromatic amines is 1. The number of hydrogen-bond acceptors (Lipinski definition) is 7. The van der Waals surface area contributed by atoms with Crippen molar-refractivity contribution in [3.8, 4) is 0 Å². The lowest BCUT2D eigenvalue weighted by Gasteiger charge is -2.37. The second-order valence-corrected chi connectivity index (χ2v) is 12.0. The van der Waals surface area contributed by atoms with E-state index < -0.39 is 6.04 Å². The molecule has 0 spiro atoms. The number of benzene rings is 1. The third-order valence-electron chi connectivity index (χ3n) is 7.59. The molecule has 2 aliphatic rings. The molecule has 5 rings (SSSR count). The van der Waals surface area contributed by atoms with Crippen LogP contribution >= 0.6 is 22.9 Å². The molecule has 2 aromatic heterocycles. The Morgan fingerprint density at radius 3 is 2.79 bits per heavy atom. The summed E-state index contributed by atoms with van der Waals surface area (Å²) < 4.78 is 0. The molecule has 3 amide bonds. The molecule has 1 aliphatic carbocycles. The summed E-state index contributed by atoms with van der Waals surface area (Å²) in [6, 6.07) is 6.29. The van der Waals surface area contributed by atoms with Crippen molar-refractivity contribution in [2.24, 2.45) is 5.92 Å². The topological polar surface area (TPSA) is 131 Å². The zero-order chi connectivity index (χ0) is 27.7. The van der Waals surface area contributed by atoms with Gasteiger partial charge in [-0.3, -0.25) is 14.4 Å².